The molecule has 0 aliphatic heterocycles. The van der Waals surface area contributed by atoms with E-state index in [9.17, 15) is 22.8 Å². The molecule has 162 valence electrons. The number of carbonyl (C=O) groups is 2. The number of rotatable bonds is 11. The Hall–Kier alpha value is -2.05. The molecule has 1 aromatic carbocycles. The van der Waals surface area contributed by atoms with Gasteiger partial charge in [-0.15, -0.1) is 0 Å². The first kappa shape index (κ1) is 23.2. The van der Waals surface area contributed by atoms with Crippen LogP contribution in [0, 0.1) is 0 Å². The summed E-state index contributed by atoms with van der Waals surface area (Å²) >= 11 is 0. The number of amides is 2. The highest BCUT2D eigenvalue weighted by atomic mass is 19.4. The van der Waals surface area contributed by atoms with E-state index >= 15 is 0 Å². The van der Waals surface area contributed by atoms with Crippen LogP contribution in [-0.4, -0.2) is 40.7 Å². The minimum atomic E-state index is -4.44. The van der Waals surface area contributed by atoms with Gasteiger partial charge in [0.1, 0.15) is 0 Å². The van der Waals surface area contributed by atoms with Crippen molar-refractivity contribution in [2.24, 2.45) is 0 Å². The lowest BCUT2D eigenvalue weighted by Crippen LogP contribution is -2.34. The average Bonchev–Trinajstić information content (AvgIpc) is 3.50. The van der Waals surface area contributed by atoms with Crippen molar-refractivity contribution >= 4 is 11.8 Å². The zero-order valence-corrected chi connectivity index (χ0v) is 17.3. The molecule has 1 aromatic rings. The van der Waals surface area contributed by atoms with Crippen LogP contribution in [0.4, 0.5) is 13.2 Å². The summed E-state index contributed by atoms with van der Waals surface area (Å²) in [5, 5.41) is 0. The van der Waals surface area contributed by atoms with Gasteiger partial charge in [-0.3, -0.25) is 9.59 Å². The molecule has 0 aromatic heterocycles. The summed E-state index contributed by atoms with van der Waals surface area (Å²) in [7, 11) is 0. The maximum absolute atomic E-state index is 13.3. The molecular formula is C22H31F3N2O2. The van der Waals surface area contributed by atoms with Crippen LogP contribution in [0.5, 0.6) is 0 Å². The van der Waals surface area contributed by atoms with Gasteiger partial charge in [0.25, 0.3) is 0 Å². The Bertz CT molecular complexity index is 681. The first-order valence-electron chi connectivity index (χ1n) is 10.5. The fourth-order valence-electron chi connectivity index (χ4n) is 3.52. The van der Waals surface area contributed by atoms with Gasteiger partial charge in [-0.05, 0) is 43.7 Å². The fourth-order valence-corrected chi connectivity index (χ4v) is 3.52. The molecule has 0 heterocycles. The molecule has 0 spiro atoms. The Morgan fingerprint density at radius 3 is 2.14 bits per heavy atom. The van der Waals surface area contributed by atoms with Gasteiger partial charge >= 0.3 is 6.18 Å². The van der Waals surface area contributed by atoms with Crippen molar-refractivity contribution in [3.05, 3.63) is 35.4 Å². The lowest BCUT2D eigenvalue weighted by molar-refractivity contribution is -0.140. The predicted molar refractivity (Wildman–Crippen MR) is 106 cm³/mol. The largest absolute Gasteiger partial charge is 0.416 e. The summed E-state index contributed by atoms with van der Waals surface area (Å²) in [6, 6.07) is 5.42. The molecule has 1 aliphatic carbocycles. The highest BCUT2D eigenvalue weighted by Gasteiger charge is 2.36. The molecule has 2 amide bonds. The SMILES string of the molecule is CCCN(CCC)C(=O)CCCC(=O)N(Cc1ccccc1C(F)(F)F)C1CC1. The quantitative estimate of drug-likeness (QED) is 0.512. The summed E-state index contributed by atoms with van der Waals surface area (Å²) < 4.78 is 39.8. The molecule has 4 nitrogen and oxygen atoms in total. The van der Waals surface area contributed by atoms with Gasteiger partial charge in [0.2, 0.25) is 11.8 Å². The predicted octanol–water partition coefficient (Wildman–Crippen LogP) is 5.02. The van der Waals surface area contributed by atoms with E-state index in [1.165, 1.54) is 12.1 Å². The normalized spacial score (nSPS) is 14.0. The van der Waals surface area contributed by atoms with E-state index in [-0.39, 0.29) is 36.4 Å². The van der Waals surface area contributed by atoms with Crippen LogP contribution in [-0.2, 0) is 22.3 Å². The first-order valence-corrected chi connectivity index (χ1v) is 10.5. The Morgan fingerprint density at radius 2 is 1.59 bits per heavy atom. The Kier molecular flexibility index (Phi) is 8.53. The second-order valence-corrected chi connectivity index (χ2v) is 7.64. The number of alkyl halides is 3. The minimum Gasteiger partial charge on any atom is -0.343 e. The molecule has 1 saturated carbocycles. The van der Waals surface area contributed by atoms with Crippen LogP contribution >= 0.6 is 0 Å². The maximum Gasteiger partial charge on any atom is 0.416 e. The van der Waals surface area contributed by atoms with E-state index in [0.29, 0.717) is 25.9 Å². The van der Waals surface area contributed by atoms with Crippen molar-refractivity contribution in [2.75, 3.05) is 13.1 Å². The van der Waals surface area contributed by atoms with E-state index in [2.05, 4.69) is 0 Å². The minimum absolute atomic E-state index is 0.0103. The molecule has 1 fully saturated rings. The van der Waals surface area contributed by atoms with Gasteiger partial charge in [-0.25, -0.2) is 0 Å². The number of hydrogen-bond donors (Lipinski definition) is 0. The van der Waals surface area contributed by atoms with Gasteiger partial charge in [0.05, 0.1) is 5.56 Å². The van der Waals surface area contributed by atoms with Gasteiger partial charge in [0, 0.05) is 38.5 Å². The zero-order valence-electron chi connectivity index (χ0n) is 17.3. The van der Waals surface area contributed by atoms with E-state index < -0.39 is 11.7 Å². The lowest BCUT2D eigenvalue weighted by atomic mass is 10.1. The van der Waals surface area contributed by atoms with Crippen LogP contribution in [0.15, 0.2) is 24.3 Å². The molecule has 0 N–H and O–H groups in total. The third kappa shape index (κ3) is 7.05. The Morgan fingerprint density at radius 1 is 1.00 bits per heavy atom. The molecular weight excluding hydrogens is 381 g/mol. The topological polar surface area (TPSA) is 40.6 Å². The average molecular weight is 412 g/mol. The van der Waals surface area contributed by atoms with Gasteiger partial charge < -0.3 is 9.80 Å². The van der Waals surface area contributed by atoms with E-state index in [1.807, 2.05) is 18.7 Å². The highest BCUT2D eigenvalue weighted by molar-refractivity contribution is 5.79. The van der Waals surface area contributed by atoms with Crippen molar-refractivity contribution in [1.29, 1.82) is 0 Å². The van der Waals surface area contributed by atoms with Crippen molar-refractivity contribution in [1.82, 2.24) is 9.80 Å². The lowest BCUT2D eigenvalue weighted by Gasteiger charge is -2.25. The van der Waals surface area contributed by atoms with Crippen molar-refractivity contribution in [3.63, 3.8) is 0 Å². The number of carbonyl (C=O) groups excluding carboxylic acids is 2. The van der Waals surface area contributed by atoms with Gasteiger partial charge in [-0.2, -0.15) is 13.2 Å². The number of halogens is 3. The van der Waals surface area contributed by atoms with Crippen molar-refractivity contribution in [3.8, 4) is 0 Å². The zero-order chi connectivity index (χ0) is 21.4. The van der Waals surface area contributed by atoms with Crippen LogP contribution in [0.3, 0.4) is 0 Å². The molecule has 0 saturated heterocycles. The molecule has 0 atom stereocenters. The number of hydrogen-bond acceptors (Lipinski definition) is 2. The Balaban J connectivity index is 1.95. The van der Waals surface area contributed by atoms with Crippen molar-refractivity contribution in [2.45, 2.75) is 77.6 Å². The standard InChI is InChI=1S/C22H31F3N2O2/c1-3-14-26(15-4-2)20(28)10-7-11-21(29)27(18-12-13-18)16-17-8-5-6-9-19(17)22(23,24)25/h5-6,8-9,18H,3-4,7,10-16H2,1-2H3. The third-order valence-corrected chi connectivity index (χ3v) is 5.09. The van der Waals surface area contributed by atoms with Crippen molar-refractivity contribution < 1.29 is 22.8 Å². The molecule has 0 unspecified atom stereocenters. The number of benzene rings is 1. The van der Waals surface area contributed by atoms with E-state index in [1.54, 1.807) is 11.0 Å². The maximum atomic E-state index is 13.3. The van der Waals surface area contributed by atoms with Crippen LogP contribution in [0.2, 0.25) is 0 Å². The second-order valence-electron chi connectivity index (χ2n) is 7.64. The number of nitrogens with zero attached hydrogens (tertiary/aromatic N) is 2. The first-order chi connectivity index (χ1) is 13.8. The van der Waals surface area contributed by atoms with E-state index in [0.717, 1.165) is 31.7 Å². The monoisotopic (exact) mass is 412 g/mol. The third-order valence-electron chi connectivity index (χ3n) is 5.09. The van der Waals surface area contributed by atoms with Crippen LogP contribution in [0.1, 0.15) is 69.9 Å². The molecule has 0 bridgehead atoms. The van der Waals surface area contributed by atoms with Gasteiger partial charge in [-0.1, -0.05) is 32.0 Å². The summed E-state index contributed by atoms with van der Waals surface area (Å²) in [5.41, 5.74) is -0.572. The summed E-state index contributed by atoms with van der Waals surface area (Å²) in [6.07, 6.45) is -0.127. The molecule has 29 heavy (non-hydrogen) atoms. The summed E-state index contributed by atoms with van der Waals surface area (Å²) in [5.74, 6) is -0.128. The van der Waals surface area contributed by atoms with Gasteiger partial charge in [0.15, 0.2) is 0 Å². The molecule has 1 aliphatic rings. The summed E-state index contributed by atoms with van der Waals surface area (Å²) in [4.78, 5) is 28.4. The second kappa shape index (κ2) is 10.6. The van der Waals surface area contributed by atoms with E-state index in [4.69, 9.17) is 0 Å². The van der Waals surface area contributed by atoms with Crippen LogP contribution in [0.25, 0.3) is 0 Å². The summed E-state index contributed by atoms with van der Waals surface area (Å²) in [6.45, 7) is 5.43. The molecule has 0 radical (unpaired) electrons. The fraction of sp³-hybridized carbons (Fsp3) is 0.636. The smallest absolute Gasteiger partial charge is 0.343 e. The van der Waals surface area contributed by atoms with Crippen LogP contribution < -0.4 is 0 Å². The highest BCUT2D eigenvalue weighted by Crippen LogP contribution is 2.35. The molecule has 2 rings (SSSR count). The Labute approximate surface area is 171 Å². The molecule has 7 heteroatoms.